The highest BCUT2D eigenvalue weighted by atomic mass is 19.4. The number of alkyl halides is 3. The number of benzene rings is 1. The van der Waals surface area contributed by atoms with E-state index in [1.54, 1.807) is 6.92 Å². The van der Waals surface area contributed by atoms with Gasteiger partial charge in [-0.1, -0.05) is 5.16 Å². The normalized spacial score (nSPS) is 11.6. The zero-order valence-electron chi connectivity index (χ0n) is 10.1. The number of hydrogen-bond acceptors (Lipinski definition) is 4. The molecular formula is C12H10F3NO3. The van der Waals surface area contributed by atoms with E-state index >= 15 is 0 Å². The quantitative estimate of drug-likeness (QED) is 0.911. The van der Waals surface area contributed by atoms with Crippen molar-refractivity contribution in [1.29, 1.82) is 0 Å². The second kappa shape index (κ2) is 4.49. The van der Waals surface area contributed by atoms with Crippen LogP contribution in [0, 0.1) is 6.92 Å². The predicted molar refractivity (Wildman–Crippen MR) is 59.9 cm³/mol. The molecule has 0 amide bonds. The van der Waals surface area contributed by atoms with Gasteiger partial charge in [0.05, 0.1) is 18.4 Å². The first-order valence-corrected chi connectivity index (χ1v) is 5.25. The lowest BCUT2D eigenvalue weighted by molar-refractivity contribution is -0.137. The minimum Gasteiger partial charge on any atom is -0.504 e. The molecule has 0 unspecified atom stereocenters. The van der Waals surface area contributed by atoms with E-state index in [1.165, 1.54) is 13.2 Å². The van der Waals surface area contributed by atoms with Gasteiger partial charge in [0.25, 0.3) is 0 Å². The van der Waals surface area contributed by atoms with Gasteiger partial charge < -0.3 is 14.4 Å². The first-order chi connectivity index (χ1) is 8.82. The van der Waals surface area contributed by atoms with Crippen LogP contribution in [0.3, 0.4) is 0 Å². The van der Waals surface area contributed by atoms with Crippen LogP contribution in [0.15, 0.2) is 22.7 Å². The number of phenols is 1. The Labute approximate surface area is 106 Å². The molecule has 0 aliphatic rings. The van der Waals surface area contributed by atoms with Gasteiger partial charge in [0.1, 0.15) is 0 Å². The molecule has 0 saturated heterocycles. The van der Waals surface area contributed by atoms with Crippen molar-refractivity contribution in [2.45, 2.75) is 13.1 Å². The Kier molecular flexibility index (Phi) is 3.13. The Morgan fingerprint density at radius 1 is 1.26 bits per heavy atom. The van der Waals surface area contributed by atoms with Gasteiger partial charge in [0.15, 0.2) is 17.3 Å². The van der Waals surface area contributed by atoms with Gasteiger partial charge in [-0.25, -0.2) is 0 Å². The molecule has 0 aliphatic carbocycles. The lowest BCUT2D eigenvalue weighted by Gasteiger charge is -2.13. The summed E-state index contributed by atoms with van der Waals surface area (Å²) in [5, 5.41) is 13.1. The second-order valence-corrected chi connectivity index (χ2v) is 3.90. The minimum atomic E-state index is -4.60. The van der Waals surface area contributed by atoms with Crippen LogP contribution in [0.4, 0.5) is 13.2 Å². The molecule has 2 rings (SSSR count). The van der Waals surface area contributed by atoms with Crippen LogP contribution in [0.1, 0.15) is 11.3 Å². The average molecular weight is 273 g/mol. The molecular weight excluding hydrogens is 263 g/mol. The summed E-state index contributed by atoms with van der Waals surface area (Å²) < 4.78 is 48.5. The number of halogens is 3. The Balaban J connectivity index is 2.68. The molecule has 1 aromatic heterocycles. The van der Waals surface area contributed by atoms with E-state index in [-0.39, 0.29) is 17.1 Å². The molecule has 102 valence electrons. The smallest absolute Gasteiger partial charge is 0.417 e. The van der Waals surface area contributed by atoms with Crippen molar-refractivity contribution in [1.82, 2.24) is 5.16 Å². The standard InChI is InChI=1S/C12H10F3NO3/c1-6-3-10(19-16-6)7-4-9(17)11(18-2)5-8(7)12(13,14)15/h3-5,17H,1-2H3. The summed E-state index contributed by atoms with van der Waals surface area (Å²) in [6.45, 7) is 1.59. The fraction of sp³-hybridized carbons (Fsp3) is 0.250. The number of methoxy groups -OCH3 is 1. The highest BCUT2D eigenvalue weighted by Gasteiger charge is 2.36. The molecule has 19 heavy (non-hydrogen) atoms. The molecule has 1 aromatic carbocycles. The third-order valence-corrected chi connectivity index (χ3v) is 2.52. The summed E-state index contributed by atoms with van der Waals surface area (Å²) in [6, 6.07) is 3.03. The van der Waals surface area contributed by atoms with Crippen LogP contribution in [-0.4, -0.2) is 17.4 Å². The van der Waals surface area contributed by atoms with Crippen molar-refractivity contribution in [2.75, 3.05) is 7.11 Å². The van der Waals surface area contributed by atoms with Gasteiger partial charge in [-0.05, 0) is 19.1 Å². The topological polar surface area (TPSA) is 55.5 Å². The summed E-state index contributed by atoms with van der Waals surface area (Å²) in [7, 11) is 1.17. The summed E-state index contributed by atoms with van der Waals surface area (Å²) >= 11 is 0. The summed E-state index contributed by atoms with van der Waals surface area (Å²) in [4.78, 5) is 0. The molecule has 7 heteroatoms. The van der Waals surface area contributed by atoms with E-state index in [1.807, 2.05) is 0 Å². The van der Waals surface area contributed by atoms with Crippen molar-refractivity contribution in [2.24, 2.45) is 0 Å². The Morgan fingerprint density at radius 2 is 1.95 bits per heavy atom. The SMILES string of the molecule is COc1cc(C(F)(F)F)c(-c2cc(C)no2)cc1O. The average Bonchev–Trinajstić information content (AvgIpc) is 2.74. The van der Waals surface area contributed by atoms with Gasteiger partial charge in [0, 0.05) is 11.6 Å². The van der Waals surface area contributed by atoms with E-state index in [0.29, 0.717) is 5.69 Å². The van der Waals surface area contributed by atoms with Crippen molar-refractivity contribution >= 4 is 0 Å². The zero-order chi connectivity index (χ0) is 14.2. The maximum Gasteiger partial charge on any atom is 0.417 e. The molecule has 0 spiro atoms. The summed E-state index contributed by atoms with van der Waals surface area (Å²) in [6.07, 6.45) is -4.60. The van der Waals surface area contributed by atoms with Gasteiger partial charge in [-0.2, -0.15) is 13.2 Å². The number of nitrogens with zero attached hydrogens (tertiary/aromatic N) is 1. The van der Waals surface area contributed by atoms with Crippen molar-refractivity contribution < 1.29 is 27.5 Å². The number of rotatable bonds is 2. The lowest BCUT2D eigenvalue weighted by Crippen LogP contribution is -2.07. The van der Waals surface area contributed by atoms with Crippen LogP contribution < -0.4 is 4.74 Å². The molecule has 0 bridgehead atoms. The molecule has 0 radical (unpaired) electrons. The minimum absolute atomic E-state index is 0.0669. The third-order valence-electron chi connectivity index (χ3n) is 2.52. The maximum absolute atomic E-state index is 13.0. The van der Waals surface area contributed by atoms with Gasteiger partial charge in [-0.3, -0.25) is 0 Å². The fourth-order valence-electron chi connectivity index (χ4n) is 1.66. The van der Waals surface area contributed by atoms with Crippen LogP contribution in [-0.2, 0) is 6.18 Å². The molecule has 2 aromatic rings. The number of aryl methyl sites for hydroxylation is 1. The van der Waals surface area contributed by atoms with E-state index in [2.05, 4.69) is 9.89 Å². The Bertz CT molecular complexity index is 605. The third kappa shape index (κ3) is 2.49. The van der Waals surface area contributed by atoms with E-state index < -0.39 is 17.5 Å². The van der Waals surface area contributed by atoms with Gasteiger partial charge in [0.2, 0.25) is 0 Å². The Morgan fingerprint density at radius 3 is 2.42 bits per heavy atom. The second-order valence-electron chi connectivity index (χ2n) is 3.90. The molecule has 0 atom stereocenters. The van der Waals surface area contributed by atoms with E-state index in [9.17, 15) is 18.3 Å². The molecule has 0 saturated carbocycles. The number of ether oxygens (including phenoxy) is 1. The largest absolute Gasteiger partial charge is 0.504 e. The van der Waals surface area contributed by atoms with Gasteiger partial charge in [-0.15, -0.1) is 0 Å². The zero-order valence-corrected chi connectivity index (χ0v) is 10.1. The summed E-state index contributed by atoms with van der Waals surface area (Å²) in [5.74, 6) is -0.727. The van der Waals surface area contributed by atoms with E-state index in [4.69, 9.17) is 4.52 Å². The van der Waals surface area contributed by atoms with Crippen LogP contribution in [0.25, 0.3) is 11.3 Å². The molecule has 4 nitrogen and oxygen atoms in total. The molecule has 1 heterocycles. The van der Waals surface area contributed by atoms with E-state index in [0.717, 1.165) is 12.1 Å². The lowest BCUT2D eigenvalue weighted by atomic mass is 10.0. The summed E-state index contributed by atoms with van der Waals surface area (Å²) in [5.41, 5.74) is -0.803. The number of aromatic nitrogens is 1. The van der Waals surface area contributed by atoms with Crippen molar-refractivity contribution in [3.8, 4) is 22.8 Å². The molecule has 0 aliphatic heterocycles. The first kappa shape index (κ1) is 13.3. The maximum atomic E-state index is 13.0. The fourth-order valence-corrected chi connectivity index (χ4v) is 1.66. The number of hydrogen-bond donors (Lipinski definition) is 1. The number of aromatic hydroxyl groups is 1. The van der Waals surface area contributed by atoms with Gasteiger partial charge >= 0.3 is 6.18 Å². The van der Waals surface area contributed by atoms with Crippen LogP contribution in [0.2, 0.25) is 0 Å². The Hall–Kier alpha value is -2.18. The van der Waals surface area contributed by atoms with Crippen molar-refractivity contribution in [3.63, 3.8) is 0 Å². The number of phenolic OH excluding ortho intramolecular Hbond substituents is 1. The highest BCUT2D eigenvalue weighted by Crippen LogP contribution is 2.42. The van der Waals surface area contributed by atoms with Crippen LogP contribution >= 0.6 is 0 Å². The monoisotopic (exact) mass is 273 g/mol. The highest BCUT2D eigenvalue weighted by molar-refractivity contribution is 5.68. The van der Waals surface area contributed by atoms with Crippen LogP contribution in [0.5, 0.6) is 11.5 Å². The molecule has 0 fully saturated rings. The first-order valence-electron chi connectivity index (χ1n) is 5.25. The van der Waals surface area contributed by atoms with Crippen molar-refractivity contribution in [3.05, 3.63) is 29.5 Å². The molecule has 1 N–H and O–H groups in total. The predicted octanol–water partition coefficient (Wildman–Crippen LogP) is 3.38.